The highest BCUT2D eigenvalue weighted by Crippen LogP contribution is 2.28. The van der Waals surface area contributed by atoms with Crippen LogP contribution in [0.25, 0.3) is 11.0 Å². The molecule has 10 heteroatoms. The van der Waals surface area contributed by atoms with Gasteiger partial charge in [-0.1, -0.05) is 16.3 Å². The summed E-state index contributed by atoms with van der Waals surface area (Å²) in [6.07, 6.45) is 1.39. The van der Waals surface area contributed by atoms with Crippen molar-refractivity contribution in [2.75, 3.05) is 5.32 Å². The maximum Gasteiger partial charge on any atom is 0.361 e. The van der Waals surface area contributed by atoms with Gasteiger partial charge in [0.05, 0.1) is 5.56 Å². The first kappa shape index (κ1) is 21.1. The summed E-state index contributed by atoms with van der Waals surface area (Å²) in [4.78, 5) is 12.8. The fourth-order valence-corrected chi connectivity index (χ4v) is 3.36. The molecule has 0 radical (unpaired) electrons. The van der Waals surface area contributed by atoms with E-state index in [0.29, 0.717) is 40.3 Å². The average Bonchev–Trinajstić information content (AvgIpc) is 3.49. The number of aryl methyl sites for hydroxylation is 1. The molecule has 0 aliphatic rings. The van der Waals surface area contributed by atoms with E-state index < -0.39 is 0 Å². The lowest BCUT2D eigenvalue weighted by Gasteiger charge is -2.10. The second-order valence-corrected chi connectivity index (χ2v) is 7.44. The molecule has 0 aliphatic heterocycles. The fourth-order valence-electron chi connectivity index (χ4n) is 3.36. The number of ether oxygens (including phenoxy) is 2. The molecule has 9 nitrogen and oxygen atoms in total. The van der Waals surface area contributed by atoms with Crippen LogP contribution in [0.15, 0.2) is 71.3 Å². The number of tetrazole rings is 1. The Kier molecular flexibility index (Phi) is 5.61. The van der Waals surface area contributed by atoms with Crippen LogP contribution in [0.1, 0.15) is 21.5 Å². The number of nitrogens with zero attached hydrogens (tertiary/aromatic N) is 3. The van der Waals surface area contributed by atoms with Crippen LogP contribution in [0, 0.1) is 12.7 Å². The summed E-state index contributed by atoms with van der Waals surface area (Å²) in [5, 5.41) is 16.7. The normalized spacial score (nSPS) is 10.9. The second-order valence-electron chi connectivity index (χ2n) is 7.44. The smallest absolute Gasteiger partial charge is 0.361 e. The van der Waals surface area contributed by atoms with E-state index in [2.05, 4.69) is 25.9 Å². The number of amides is 1. The van der Waals surface area contributed by atoms with Gasteiger partial charge in [-0.2, -0.15) is 5.21 Å². The van der Waals surface area contributed by atoms with Crippen LogP contribution >= 0.6 is 0 Å². The Balaban J connectivity index is 1.23. The number of anilines is 1. The highest BCUT2D eigenvalue weighted by molar-refractivity contribution is 6.12. The third-order valence-corrected chi connectivity index (χ3v) is 5.14. The number of hydrogen-bond acceptors (Lipinski definition) is 7. The van der Waals surface area contributed by atoms with Gasteiger partial charge >= 0.3 is 6.01 Å². The first-order valence-corrected chi connectivity index (χ1v) is 10.3. The zero-order valence-electron chi connectivity index (χ0n) is 17.9. The summed E-state index contributed by atoms with van der Waals surface area (Å²) in [6, 6.07) is 16.7. The number of fused-ring (bicyclic) bond motifs is 1. The van der Waals surface area contributed by atoms with Gasteiger partial charge in [0.15, 0.2) is 0 Å². The van der Waals surface area contributed by atoms with Crippen molar-refractivity contribution in [1.82, 2.24) is 20.6 Å². The number of halogens is 1. The molecule has 34 heavy (non-hydrogen) atoms. The van der Waals surface area contributed by atoms with Crippen molar-refractivity contribution in [3.63, 3.8) is 0 Å². The summed E-state index contributed by atoms with van der Waals surface area (Å²) >= 11 is 0. The van der Waals surface area contributed by atoms with Crippen molar-refractivity contribution in [2.45, 2.75) is 13.5 Å². The molecule has 0 atom stereocenters. The summed E-state index contributed by atoms with van der Waals surface area (Å²) in [7, 11) is 0. The minimum Gasteiger partial charge on any atom is -0.489 e. The van der Waals surface area contributed by atoms with Crippen LogP contribution in [0.4, 0.5) is 10.1 Å². The third kappa shape index (κ3) is 4.56. The van der Waals surface area contributed by atoms with Crippen LogP contribution in [-0.2, 0) is 6.61 Å². The molecule has 1 amide bonds. The number of nitrogens with one attached hydrogen (secondary N) is 2. The van der Waals surface area contributed by atoms with Crippen molar-refractivity contribution >= 4 is 22.6 Å². The van der Waals surface area contributed by atoms with E-state index in [9.17, 15) is 9.18 Å². The van der Waals surface area contributed by atoms with Gasteiger partial charge in [-0.15, -0.1) is 0 Å². The number of aromatic amines is 1. The second kappa shape index (κ2) is 9.02. The van der Waals surface area contributed by atoms with Crippen molar-refractivity contribution in [1.29, 1.82) is 0 Å². The van der Waals surface area contributed by atoms with Crippen molar-refractivity contribution < 1.29 is 23.1 Å². The summed E-state index contributed by atoms with van der Waals surface area (Å²) < 4.78 is 30.0. The van der Waals surface area contributed by atoms with Crippen LogP contribution in [0.2, 0.25) is 0 Å². The molecule has 3 aromatic carbocycles. The van der Waals surface area contributed by atoms with Gasteiger partial charge in [-0.25, -0.2) is 4.39 Å². The summed E-state index contributed by atoms with van der Waals surface area (Å²) in [6.45, 7) is 2.15. The third-order valence-electron chi connectivity index (χ3n) is 5.14. The number of rotatable bonds is 7. The molecule has 0 saturated carbocycles. The zero-order valence-corrected chi connectivity index (χ0v) is 17.9. The van der Waals surface area contributed by atoms with E-state index in [1.54, 1.807) is 48.5 Å². The summed E-state index contributed by atoms with van der Waals surface area (Å²) in [5.74, 6) is 0.483. The predicted molar refractivity (Wildman–Crippen MR) is 120 cm³/mol. The molecule has 2 aromatic heterocycles. The summed E-state index contributed by atoms with van der Waals surface area (Å²) in [5.41, 5.74) is 3.18. The zero-order chi connectivity index (χ0) is 23.5. The number of carbonyl (C=O) groups is 1. The van der Waals surface area contributed by atoms with Gasteiger partial charge in [0, 0.05) is 17.1 Å². The molecule has 0 aliphatic carbocycles. The predicted octanol–water partition coefficient (Wildman–Crippen LogP) is 5.02. The molecule has 0 fully saturated rings. The molecule has 0 saturated heterocycles. The van der Waals surface area contributed by atoms with Crippen molar-refractivity contribution in [3.05, 3.63) is 89.4 Å². The molecule has 5 rings (SSSR count). The monoisotopic (exact) mass is 459 g/mol. The van der Waals surface area contributed by atoms with Crippen LogP contribution in [-0.4, -0.2) is 26.5 Å². The van der Waals surface area contributed by atoms with E-state index in [0.717, 1.165) is 11.1 Å². The van der Waals surface area contributed by atoms with E-state index >= 15 is 0 Å². The van der Waals surface area contributed by atoms with Gasteiger partial charge in [0.2, 0.25) is 0 Å². The molecule has 170 valence electrons. The standard InChI is InChI=1S/C24H18FN5O4/c1-14-10-16(25)3-2-15(14)12-32-18-6-4-17(5-7-18)26-23(31)21-13-33-22-11-19(8-9-20(21)22)34-24-27-29-30-28-24/h2-11,13H,12H2,1H3,(H,26,31)(H,27,28,29,30). The van der Waals surface area contributed by atoms with E-state index in [4.69, 9.17) is 13.9 Å². The van der Waals surface area contributed by atoms with E-state index in [1.165, 1.54) is 18.4 Å². The van der Waals surface area contributed by atoms with E-state index in [1.807, 2.05) is 6.92 Å². The van der Waals surface area contributed by atoms with Gasteiger partial charge in [0.25, 0.3) is 5.91 Å². The molecule has 2 N–H and O–H groups in total. The SMILES string of the molecule is Cc1cc(F)ccc1COc1ccc(NC(=O)c2coc3cc(Oc4nn[nH]n4)ccc23)cc1. The van der Waals surface area contributed by atoms with Crippen LogP contribution in [0.3, 0.4) is 0 Å². The van der Waals surface area contributed by atoms with Crippen LogP contribution < -0.4 is 14.8 Å². The first-order valence-electron chi connectivity index (χ1n) is 10.3. The number of benzene rings is 3. The Morgan fingerprint density at radius 2 is 1.91 bits per heavy atom. The maximum absolute atomic E-state index is 13.2. The Hall–Kier alpha value is -4.73. The first-order chi connectivity index (χ1) is 16.5. The largest absolute Gasteiger partial charge is 0.489 e. The number of aromatic nitrogens is 4. The minimum absolute atomic E-state index is 0.0732. The number of hydrogen-bond donors (Lipinski definition) is 2. The Labute approximate surface area is 192 Å². The lowest BCUT2D eigenvalue weighted by Crippen LogP contribution is -2.11. The number of H-pyrrole nitrogens is 1. The van der Waals surface area contributed by atoms with Gasteiger partial charge in [-0.3, -0.25) is 4.79 Å². The number of carbonyl (C=O) groups excluding carboxylic acids is 1. The lowest BCUT2D eigenvalue weighted by atomic mass is 10.1. The molecule has 2 heterocycles. The molecule has 5 aromatic rings. The maximum atomic E-state index is 13.2. The van der Waals surface area contributed by atoms with Gasteiger partial charge < -0.3 is 19.2 Å². The molecular weight excluding hydrogens is 441 g/mol. The Bertz CT molecular complexity index is 1450. The minimum atomic E-state index is -0.318. The highest BCUT2D eigenvalue weighted by Gasteiger charge is 2.15. The Morgan fingerprint density at radius 3 is 2.68 bits per heavy atom. The van der Waals surface area contributed by atoms with Crippen molar-refractivity contribution in [2.24, 2.45) is 0 Å². The molecule has 0 spiro atoms. The molecular formula is C24H18FN5O4. The lowest BCUT2D eigenvalue weighted by molar-refractivity contribution is 0.102. The van der Waals surface area contributed by atoms with Crippen molar-refractivity contribution in [3.8, 4) is 17.5 Å². The molecule has 0 unspecified atom stereocenters. The fraction of sp³-hybridized carbons (Fsp3) is 0.0833. The Morgan fingerprint density at radius 1 is 1.09 bits per heavy atom. The highest BCUT2D eigenvalue weighted by atomic mass is 19.1. The average molecular weight is 459 g/mol. The van der Waals surface area contributed by atoms with Crippen LogP contribution in [0.5, 0.6) is 17.5 Å². The van der Waals surface area contributed by atoms with E-state index in [-0.39, 0.29) is 17.7 Å². The van der Waals surface area contributed by atoms with Gasteiger partial charge in [-0.05, 0) is 71.8 Å². The topological polar surface area (TPSA) is 115 Å². The number of furan rings is 1. The quantitative estimate of drug-likeness (QED) is 0.351. The molecule has 0 bridgehead atoms. The van der Waals surface area contributed by atoms with Gasteiger partial charge in [0.1, 0.15) is 35.8 Å².